The first-order chi connectivity index (χ1) is 16.4. The van der Waals surface area contributed by atoms with Crippen LogP contribution >= 0.6 is 11.6 Å². The molecule has 0 spiro atoms. The van der Waals surface area contributed by atoms with Gasteiger partial charge in [0.05, 0.1) is 24.6 Å². The molecule has 0 fully saturated rings. The van der Waals surface area contributed by atoms with E-state index in [2.05, 4.69) is 31.4 Å². The molecule has 3 heterocycles. The molecule has 0 unspecified atom stereocenters. The molecule has 172 valence electrons. The van der Waals surface area contributed by atoms with E-state index in [-0.39, 0.29) is 28.7 Å². The number of aromatic amines is 1. The number of hydrogen-bond donors (Lipinski definition) is 2. The highest BCUT2D eigenvalue weighted by atomic mass is 35.5. The molecule has 5 rings (SSSR count). The number of fused-ring (bicyclic) bond motifs is 2. The number of methoxy groups -OCH3 is 1. The molecule has 2 N–H and O–H groups in total. The number of aryl methyl sites for hydroxylation is 1. The van der Waals surface area contributed by atoms with E-state index in [1.54, 1.807) is 16.9 Å². The molecule has 0 aliphatic carbocycles. The van der Waals surface area contributed by atoms with Crippen molar-refractivity contribution in [3.63, 3.8) is 0 Å². The third-order valence-corrected chi connectivity index (χ3v) is 5.96. The van der Waals surface area contributed by atoms with E-state index in [1.165, 1.54) is 13.2 Å². The number of H-pyrrole nitrogens is 1. The second kappa shape index (κ2) is 8.75. The minimum atomic E-state index is -0.571. The molecule has 0 aliphatic heterocycles. The standard InChI is InChI=1S/C24H20ClFN6O2/c1-13-4-3-5-19-15(13)8-14(9-27-19)11-32-12-17-22(29-24(33)30-23(17)31-32)28-10-16-18(25)6-7-20(34-2)21(16)26/h3-9,12H,10-11H2,1-2H3,(H2,28,29,30,31,33). The van der Waals surface area contributed by atoms with Crippen LogP contribution in [0.5, 0.6) is 5.75 Å². The van der Waals surface area contributed by atoms with Gasteiger partial charge in [0.2, 0.25) is 0 Å². The van der Waals surface area contributed by atoms with Crippen molar-refractivity contribution in [2.24, 2.45) is 0 Å². The van der Waals surface area contributed by atoms with E-state index in [0.717, 1.165) is 22.0 Å². The summed E-state index contributed by atoms with van der Waals surface area (Å²) in [6, 6.07) is 11.1. The number of aromatic nitrogens is 5. The molecule has 5 aromatic rings. The monoisotopic (exact) mass is 478 g/mol. The number of nitrogens with zero attached hydrogens (tertiary/aromatic N) is 4. The Balaban J connectivity index is 1.46. The number of ether oxygens (including phenoxy) is 1. The van der Waals surface area contributed by atoms with Gasteiger partial charge in [0.15, 0.2) is 17.2 Å². The fourth-order valence-corrected chi connectivity index (χ4v) is 4.09. The Labute approximate surface area is 198 Å². The molecule has 3 aromatic heterocycles. The van der Waals surface area contributed by atoms with Gasteiger partial charge in [-0.2, -0.15) is 10.1 Å². The molecule has 10 heteroatoms. The third kappa shape index (κ3) is 4.06. The zero-order valence-electron chi connectivity index (χ0n) is 18.4. The molecule has 0 saturated heterocycles. The minimum Gasteiger partial charge on any atom is -0.494 e. The summed E-state index contributed by atoms with van der Waals surface area (Å²) in [4.78, 5) is 23.3. The lowest BCUT2D eigenvalue weighted by Crippen LogP contribution is -2.14. The van der Waals surface area contributed by atoms with Crippen LogP contribution in [0.25, 0.3) is 21.9 Å². The molecule has 0 amide bonds. The van der Waals surface area contributed by atoms with Gasteiger partial charge in [-0.15, -0.1) is 0 Å². The molecule has 0 radical (unpaired) electrons. The molecule has 2 aromatic carbocycles. The van der Waals surface area contributed by atoms with E-state index >= 15 is 0 Å². The highest BCUT2D eigenvalue weighted by Gasteiger charge is 2.15. The van der Waals surface area contributed by atoms with Crippen molar-refractivity contribution in [1.29, 1.82) is 0 Å². The van der Waals surface area contributed by atoms with Crippen LogP contribution < -0.4 is 15.7 Å². The predicted octanol–water partition coefficient (Wildman–Crippen LogP) is 4.44. The molecule has 0 saturated carbocycles. The van der Waals surface area contributed by atoms with Crippen molar-refractivity contribution < 1.29 is 9.13 Å². The summed E-state index contributed by atoms with van der Waals surface area (Å²) in [5.41, 5.74) is 3.04. The fraction of sp³-hybridized carbons (Fsp3) is 0.167. The van der Waals surface area contributed by atoms with Crippen LogP contribution in [-0.4, -0.2) is 31.8 Å². The molecule has 34 heavy (non-hydrogen) atoms. The van der Waals surface area contributed by atoms with E-state index < -0.39 is 11.5 Å². The molecule has 0 bridgehead atoms. The maximum absolute atomic E-state index is 14.7. The predicted molar refractivity (Wildman–Crippen MR) is 129 cm³/mol. The zero-order chi connectivity index (χ0) is 23.8. The first-order valence-corrected chi connectivity index (χ1v) is 10.9. The van der Waals surface area contributed by atoms with Gasteiger partial charge in [0, 0.05) is 34.9 Å². The molecular weight excluding hydrogens is 459 g/mol. The highest BCUT2D eigenvalue weighted by Crippen LogP contribution is 2.28. The number of rotatable bonds is 6. The summed E-state index contributed by atoms with van der Waals surface area (Å²) in [5, 5.41) is 9.39. The lowest BCUT2D eigenvalue weighted by atomic mass is 10.1. The Bertz CT molecular complexity index is 1600. The van der Waals surface area contributed by atoms with Gasteiger partial charge < -0.3 is 10.1 Å². The van der Waals surface area contributed by atoms with Crippen LogP contribution in [0.4, 0.5) is 10.2 Å². The van der Waals surface area contributed by atoms with Gasteiger partial charge in [0.1, 0.15) is 5.82 Å². The van der Waals surface area contributed by atoms with Crippen LogP contribution in [0.2, 0.25) is 5.02 Å². The Hall–Kier alpha value is -3.98. The summed E-state index contributed by atoms with van der Waals surface area (Å²) in [5.74, 6) is -0.216. The van der Waals surface area contributed by atoms with Gasteiger partial charge in [-0.05, 0) is 42.3 Å². The van der Waals surface area contributed by atoms with Crippen LogP contribution in [-0.2, 0) is 13.1 Å². The summed E-state index contributed by atoms with van der Waals surface area (Å²) >= 11 is 6.17. The summed E-state index contributed by atoms with van der Waals surface area (Å²) in [6.07, 6.45) is 3.58. The molecule has 8 nitrogen and oxygen atoms in total. The van der Waals surface area contributed by atoms with Gasteiger partial charge in [-0.1, -0.05) is 23.7 Å². The highest BCUT2D eigenvalue weighted by molar-refractivity contribution is 6.31. The Morgan fingerprint density at radius 2 is 2.09 bits per heavy atom. The normalized spacial score (nSPS) is 11.3. The van der Waals surface area contributed by atoms with Crippen molar-refractivity contribution in [2.45, 2.75) is 20.0 Å². The first-order valence-electron chi connectivity index (χ1n) is 10.5. The zero-order valence-corrected chi connectivity index (χ0v) is 19.2. The lowest BCUT2D eigenvalue weighted by Gasteiger charge is -2.11. The van der Waals surface area contributed by atoms with Gasteiger partial charge in [-0.25, -0.2) is 9.18 Å². The van der Waals surface area contributed by atoms with Crippen LogP contribution in [0, 0.1) is 12.7 Å². The maximum Gasteiger partial charge on any atom is 0.348 e. The van der Waals surface area contributed by atoms with Gasteiger partial charge in [0.25, 0.3) is 0 Å². The molecule has 0 aliphatic rings. The SMILES string of the molecule is COc1ccc(Cl)c(CNc2nc(=O)[nH]c3nn(Cc4cnc5cccc(C)c5c4)cc23)c1F. The van der Waals surface area contributed by atoms with Gasteiger partial charge >= 0.3 is 5.69 Å². The molecule has 0 atom stereocenters. The summed E-state index contributed by atoms with van der Waals surface area (Å²) in [7, 11) is 1.38. The number of anilines is 1. The quantitative estimate of drug-likeness (QED) is 0.374. The Kier molecular flexibility index (Phi) is 5.62. The first kappa shape index (κ1) is 21.8. The second-order valence-corrected chi connectivity index (χ2v) is 8.27. The number of pyridine rings is 1. The van der Waals surface area contributed by atoms with Crippen molar-refractivity contribution in [3.8, 4) is 5.75 Å². The lowest BCUT2D eigenvalue weighted by molar-refractivity contribution is 0.384. The van der Waals surface area contributed by atoms with Crippen LogP contribution in [0.3, 0.4) is 0 Å². The summed E-state index contributed by atoms with van der Waals surface area (Å²) in [6.45, 7) is 2.50. The average Bonchev–Trinajstić information content (AvgIpc) is 3.21. The number of benzene rings is 2. The number of nitrogens with one attached hydrogen (secondary N) is 2. The van der Waals surface area contributed by atoms with Gasteiger partial charge in [-0.3, -0.25) is 14.6 Å². The Morgan fingerprint density at radius 1 is 1.24 bits per heavy atom. The van der Waals surface area contributed by atoms with E-state index in [0.29, 0.717) is 17.6 Å². The molecular formula is C24H20ClFN6O2. The van der Waals surface area contributed by atoms with Crippen LogP contribution in [0.1, 0.15) is 16.7 Å². The average molecular weight is 479 g/mol. The Morgan fingerprint density at radius 3 is 2.91 bits per heavy atom. The van der Waals surface area contributed by atoms with Crippen LogP contribution in [0.15, 0.2) is 53.6 Å². The van der Waals surface area contributed by atoms with E-state index in [9.17, 15) is 9.18 Å². The van der Waals surface area contributed by atoms with Crippen molar-refractivity contribution >= 4 is 39.4 Å². The second-order valence-electron chi connectivity index (χ2n) is 7.86. The van der Waals surface area contributed by atoms with Crippen molar-refractivity contribution in [2.75, 3.05) is 12.4 Å². The largest absolute Gasteiger partial charge is 0.494 e. The minimum absolute atomic E-state index is 0.00642. The number of hydrogen-bond acceptors (Lipinski definition) is 6. The smallest absolute Gasteiger partial charge is 0.348 e. The third-order valence-electron chi connectivity index (χ3n) is 5.60. The van der Waals surface area contributed by atoms with Crippen molar-refractivity contribution in [3.05, 3.63) is 86.8 Å². The number of halogens is 2. The maximum atomic E-state index is 14.7. The van der Waals surface area contributed by atoms with E-state index in [4.69, 9.17) is 16.3 Å². The van der Waals surface area contributed by atoms with E-state index in [1.807, 2.05) is 31.3 Å². The topological polar surface area (TPSA) is 97.7 Å². The summed E-state index contributed by atoms with van der Waals surface area (Å²) < 4.78 is 21.4. The van der Waals surface area contributed by atoms with Crippen molar-refractivity contribution in [1.82, 2.24) is 24.7 Å². The fourth-order valence-electron chi connectivity index (χ4n) is 3.88.